The molecule has 0 bridgehead atoms. The highest BCUT2D eigenvalue weighted by molar-refractivity contribution is 9.10. The summed E-state index contributed by atoms with van der Waals surface area (Å²) in [4.78, 5) is 23.7. The molecule has 0 spiro atoms. The Kier molecular flexibility index (Phi) is 7.47. The van der Waals surface area contributed by atoms with E-state index in [1.165, 1.54) is 0 Å². The first-order chi connectivity index (χ1) is 12.1. The van der Waals surface area contributed by atoms with Gasteiger partial charge in [-0.1, -0.05) is 35.0 Å². The molecule has 0 heterocycles. The maximum atomic E-state index is 11.9. The first-order valence-electron chi connectivity index (χ1n) is 8.15. The van der Waals surface area contributed by atoms with Crippen molar-refractivity contribution in [2.45, 2.75) is 26.2 Å². The highest BCUT2D eigenvalue weighted by Gasteiger charge is 2.07. The molecule has 0 atom stereocenters. The molecule has 2 amide bonds. The number of hydrogen-bond donors (Lipinski definition) is 2. The van der Waals surface area contributed by atoms with E-state index in [9.17, 15) is 9.59 Å². The third-order valence-electron chi connectivity index (χ3n) is 3.57. The molecule has 132 valence electrons. The molecule has 0 aliphatic rings. The summed E-state index contributed by atoms with van der Waals surface area (Å²) in [7, 11) is 0. The van der Waals surface area contributed by atoms with Crippen molar-refractivity contribution < 1.29 is 14.3 Å². The lowest BCUT2D eigenvalue weighted by Crippen LogP contribution is -2.41. The van der Waals surface area contributed by atoms with Crippen LogP contribution < -0.4 is 15.6 Å². The molecule has 2 N–H and O–H groups in total. The van der Waals surface area contributed by atoms with E-state index in [-0.39, 0.29) is 18.2 Å². The number of amides is 2. The minimum atomic E-state index is -0.331. The van der Waals surface area contributed by atoms with Crippen LogP contribution in [0.2, 0.25) is 0 Å². The van der Waals surface area contributed by atoms with Crippen molar-refractivity contribution in [1.82, 2.24) is 10.9 Å². The minimum absolute atomic E-state index is 0.252. The van der Waals surface area contributed by atoms with Gasteiger partial charge >= 0.3 is 0 Å². The first kappa shape index (κ1) is 19.0. The summed E-state index contributed by atoms with van der Waals surface area (Å²) in [6, 6.07) is 14.8. The first-order valence-corrected chi connectivity index (χ1v) is 8.94. The van der Waals surface area contributed by atoms with E-state index >= 15 is 0 Å². The van der Waals surface area contributed by atoms with Crippen molar-refractivity contribution in [2.75, 3.05) is 6.61 Å². The van der Waals surface area contributed by atoms with E-state index in [1.54, 1.807) is 12.1 Å². The van der Waals surface area contributed by atoms with Crippen LogP contribution >= 0.6 is 15.9 Å². The molecule has 25 heavy (non-hydrogen) atoms. The van der Waals surface area contributed by atoms with Gasteiger partial charge in [-0.25, -0.2) is 0 Å². The van der Waals surface area contributed by atoms with Gasteiger partial charge < -0.3 is 4.74 Å². The van der Waals surface area contributed by atoms with Gasteiger partial charge in [-0.3, -0.25) is 20.4 Å². The van der Waals surface area contributed by atoms with Crippen LogP contribution in [-0.4, -0.2) is 18.4 Å². The van der Waals surface area contributed by atoms with Gasteiger partial charge in [0, 0.05) is 16.5 Å². The highest BCUT2D eigenvalue weighted by Crippen LogP contribution is 2.16. The average Bonchev–Trinajstić information content (AvgIpc) is 2.64. The summed E-state index contributed by atoms with van der Waals surface area (Å²) in [6.45, 7) is 2.48. The van der Waals surface area contributed by atoms with E-state index in [4.69, 9.17) is 4.74 Å². The number of carbonyl (C=O) groups is 2. The Morgan fingerprint density at radius 3 is 2.32 bits per heavy atom. The second-order valence-corrected chi connectivity index (χ2v) is 6.37. The molecule has 2 aromatic carbocycles. The van der Waals surface area contributed by atoms with Gasteiger partial charge in [0.05, 0.1) is 6.61 Å². The van der Waals surface area contributed by atoms with Crippen LogP contribution in [0.25, 0.3) is 0 Å². The van der Waals surface area contributed by atoms with Crippen LogP contribution in [0.1, 0.15) is 35.7 Å². The lowest BCUT2D eigenvalue weighted by Gasteiger charge is -2.09. The summed E-state index contributed by atoms with van der Waals surface area (Å²) in [5.74, 6) is 0.174. The number of hydrazine groups is 1. The smallest absolute Gasteiger partial charge is 0.269 e. The predicted molar refractivity (Wildman–Crippen MR) is 100 cm³/mol. The third-order valence-corrected chi connectivity index (χ3v) is 4.10. The normalized spacial score (nSPS) is 10.2. The number of rotatable bonds is 7. The molecule has 6 heteroatoms. The van der Waals surface area contributed by atoms with Gasteiger partial charge in [-0.2, -0.15) is 0 Å². The number of hydrogen-bond acceptors (Lipinski definition) is 3. The standard InChI is InChI=1S/C19H21BrN2O3/c1-2-14-5-7-15(8-6-14)19(24)22-21-18(23)4-3-13-25-17-11-9-16(20)10-12-17/h5-12H,2-4,13H2,1H3,(H,21,23)(H,22,24). The molecule has 0 saturated heterocycles. The zero-order chi connectivity index (χ0) is 18.1. The molecule has 0 saturated carbocycles. The fourth-order valence-corrected chi connectivity index (χ4v) is 2.37. The van der Waals surface area contributed by atoms with E-state index in [1.807, 2.05) is 36.4 Å². The Morgan fingerprint density at radius 1 is 1.00 bits per heavy atom. The number of nitrogens with one attached hydrogen (secondary N) is 2. The van der Waals surface area contributed by atoms with E-state index < -0.39 is 0 Å². The van der Waals surface area contributed by atoms with Gasteiger partial charge in [-0.15, -0.1) is 0 Å². The second kappa shape index (κ2) is 9.84. The Bertz CT molecular complexity index is 700. The topological polar surface area (TPSA) is 67.4 Å². The van der Waals surface area contributed by atoms with Crippen LogP contribution in [0, 0.1) is 0 Å². The minimum Gasteiger partial charge on any atom is -0.494 e. The van der Waals surface area contributed by atoms with Gasteiger partial charge in [0.2, 0.25) is 5.91 Å². The summed E-state index contributed by atoms with van der Waals surface area (Å²) < 4.78 is 6.53. The van der Waals surface area contributed by atoms with Gasteiger partial charge in [-0.05, 0) is 54.8 Å². The molecular weight excluding hydrogens is 384 g/mol. The molecule has 2 rings (SSSR count). The van der Waals surface area contributed by atoms with Crippen molar-refractivity contribution in [3.63, 3.8) is 0 Å². The lowest BCUT2D eigenvalue weighted by molar-refractivity contribution is -0.122. The Morgan fingerprint density at radius 2 is 1.68 bits per heavy atom. The summed E-state index contributed by atoms with van der Waals surface area (Å²) >= 11 is 3.36. The van der Waals surface area contributed by atoms with E-state index in [0.717, 1.165) is 22.2 Å². The largest absolute Gasteiger partial charge is 0.494 e. The maximum absolute atomic E-state index is 11.9. The molecule has 0 aliphatic carbocycles. The Labute approximate surface area is 155 Å². The van der Waals surface area contributed by atoms with Crippen LogP contribution in [0.3, 0.4) is 0 Å². The zero-order valence-corrected chi connectivity index (χ0v) is 15.6. The van der Waals surface area contributed by atoms with Gasteiger partial charge in [0.1, 0.15) is 5.75 Å². The van der Waals surface area contributed by atoms with E-state index in [0.29, 0.717) is 18.6 Å². The summed E-state index contributed by atoms with van der Waals surface area (Å²) in [5, 5.41) is 0. The number of halogens is 1. The number of aryl methyl sites for hydroxylation is 1. The quantitative estimate of drug-likeness (QED) is 0.546. The summed E-state index contributed by atoms with van der Waals surface area (Å²) in [5.41, 5.74) is 6.50. The molecular formula is C19H21BrN2O3. The molecule has 0 aromatic heterocycles. The lowest BCUT2D eigenvalue weighted by atomic mass is 10.1. The number of ether oxygens (including phenoxy) is 1. The molecule has 2 aromatic rings. The average molecular weight is 405 g/mol. The molecule has 0 radical (unpaired) electrons. The Balaban J connectivity index is 1.64. The van der Waals surface area contributed by atoms with Crippen molar-refractivity contribution >= 4 is 27.7 Å². The van der Waals surface area contributed by atoms with Crippen LogP contribution in [0.4, 0.5) is 0 Å². The SMILES string of the molecule is CCc1ccc(C(=O)NNC(=O)CCCOc2ccc(Br)cc2)cc1. The fourth-order valence-electron chi connectivity index (χ4n) is 2.11. The monoisotopic (exact) mass is 404 g/mol. The summed E-state index contributed by atoms with van der Waals surface area (Å²) in [6.07, 6.45) is 1.75. The molecule has 0 fully saturated rings. The molecule has 0 aliphatic heterocycles. The highest BCUT2D eigenvalue weighted by atomic mass is 79.9. The van der Waals surface area contributed by atoms with Crippen molar-refractivity contribution in [3.05, 3.63) is 64.1 Å². The molecule has 0 unspecified atom stereocenters. The Hall–Kier alpha value is -2.34. The second-order valence-electron chi connectivity index (χ2n) is 5.46. The van der Waals surface area contributed by atoms with Crippen molar-refractivity contribution in [2.24, 2.45) is 0 Å². The predicted octanol–water partition coefficient (Wildman–Crippen LogP) is 3.63. The van der Waals surface area contributed by atoms with Crippen molar-refractivity contribution in [1.29, 1.82) is 0 Å². The molecule has 5 nitrogen and oxygen atoms in total. The number of carbonyl (C=O) groups excluding carboxylic acids is 2. The van der Waals surface area contributed by atoms with Crippen LogP contribution in [-0.2, 0) is 11.2 Å². The maximum Gasteiger partial charge on any atom is 0.269 e. The van der Waals surface area contributed by atoms with Gasteiger partial charge in [0.25, 0.3) is 5.91 Å². The van der Waals surface area contributed by atoms with Crippen LogP contribution in [0.5, 0.6) is 5.75 Å². The van der Waals surface area contributed by atoms with E-state index in [2.05, 4.69) is 33.7 Å². The van der Waals surface area contributed by atoms with Crippen LogP contribution in [0.15, 0.2) is 53.0 Å². The van der Waals surface area contributed by atoms with Crippen molar-refractivity contribution in [3.8, 4) is 5.75 Å². The number of benzene rings is 2. The van der Waals surface area contributed by atoms with Gasteiger partial charge in [0.15, 0.2) is 0 Å². The fraction of sp³-hybridized carbons (Fsp3) is 0.263. The zero-order valence-electron chi connectivity index (χ0n) is 14.0. The third kappa shape index (κ3) is 6.58.